The molecule has 0 aromatic rings. The van der Waals surface area contributed by atoms with E-state index < -0.39 is 135 Å². The zero-order valence-electron chi connectivity index (χ0n) is 39.5. The van der Waals surface area contributed by atoms with E-state index in [0.29, 0.717) is 38.5 Å². The first-order valence-electron chi connectivity index (χ1n) is 24.5. The van der Waals surface area contributed by atoms with Crippen LogP contribution in [-0.2, 0) is 52.3 Å². The van der Waals surface area contributed by atoms with Crippen molar-refractivity contribution in [2.75, 3.05) is 19.8 Å². The summed E-state index contributed by atoms with van der Waals surface area (Å²) in [6.45, 7) is 3.02. The minimum atomic E-state index is -1.90. The van der Waals surface area contributed by atoms with Crippen LogP contribution >= 0.6 is 0 Å². The molecule has 3 heterocycles. The Hall–Kier alpha value is -2.19. The highest BCUT2D eigenvalue weighted by Gasteiger charge is 2.52. The lowest BCUT2D eigenvalue weighted by atomic mass is 9.98. The van der Waals surface area contributed by atoms with Crippen molar-refractivity contribution in [3.05, 3.63) is 0 Å². The van der Waals surface area contributed by atoms with Gasteiger partial charge in [0.2, 0.25) is 0 Å². The summed E-state index contributed by atoms with van der Waals surface area (Å²) in [5.41, 5.74) is 0. The summed E-state index contributed by atoms with van der Waals surface area (Å²) in [6, 6.07) is 0. The predicted octanol–water partition coefficient (Wildman–Crippen LogP) is 1.23. The molecule has 0 saturated carbocycles. The first kappa shape index (κ1) is 59.1. The van der Waals surface area contributed by atoms with Gasteiger partial charge in [0.1, 0.15) is 61.5 Å². The maximum atomic E-state index is 12.0. The van der Waals surface area contributed by atoms with Crippen molar-refractivity contribution in [1.29, 1.82) is 0 Å². The van der Waals surface area contributed by atoms with Gasteiger partial charge in [0.25, 0.3) is 0 Å². The van der Waals surface area contributed by atoms with Gasteiger partial charge in [-0.05, 0) is 38.5 Å². The molecule has 17 atom stereocenters. The van der Waals surface area contributed by atoms with E-state index in [2.05, 4.69) is 0 Å². The van der Waals surface area contributed by atoms with Gasteiger partial charge in [-0.1, -0.05) is 96.8 Å². The molecule has 10 N–H and O–H groups in total. The van der Waals surface area contributed by atoms with Gasteiger partial charge in [0.15, 0.2) is 31.1 Å². The van der Waals surface area contributed by atoms with Gasteiger partial charge in [-0.2, -0.15) is 0 Å². The van der Waals surface area contributed by atoms with Crippen LogP contribution in [0.2, 0.25) is 0 Å². The highest BCUT2D eigenvalue weighted by atomic mass is 16.8. The molecule has 3 fully saturated rings. The highest BCUT2D eigenvalue weighted by molar-refractivity contribution is 5.71. The Kier molecular flexibility index (Phi) is 28.2. The van der Waals surface area contributed by atoms with E-state index in [1.165, 1.54) is 0 Å². The third-order valence-electron chi connectivity index (χ3n) is 12.5. The molecule has 0 aromatic carbocycles. The summed E-state index contributed by atoms with van der Waals surface area (Å²) in [6.07, 6.45) is -7.93. The second kappa shape index (κ2) is 31.9. The third-order valence-corrected chi connectivity index (χ3v) is 12.5. The van der Waals surface area contributed by atoms with Crippen molar-refractivity contribution in [3.8, 4) is 0 Å². The van der Waals surface area contributed by atoms with Crippen LogP contribution in [0.3, 0.4) is 0 Å². The number of carbonyl (C=O) groups is 3. The van der Waals surface area contributed by atoms with Gasteiger partial charge < -0.3 is 89.0 Å². The van der Waals surface area contributed by atoms with E-state index in [1.54, 1.807) is 0 Å². The maximum absolute atomic E-state index is 12.0. The average Bonchev–Trinajstić information content (AvgIpc) is 3.28. The summed E-state index contributed by atoms with van der Waals surface area (Å²) in [7, 11) is 0. The van der Waals surface area contributed by atoms with Crippen molar-refractivity contribution in [2.45, 2.75) is 254 Å². The lowest BCUT2D eigenvalue weighted by Crippen LogP contribution is -2.64. The first-order chi connectivity index (χ1) is 31.9. The maximum Gasteiger partial charge on any atom is 0.332 e. The summed E-state index contributed by atoms with van der Waals surface area (Å²) in [4.78, 5) is 34.1. The molecule has 0 aromatic heterocycles. The molecule has 3 aliphatic heterocycles. The molecule has 21 heteroatoms. The standard InChI is InChI=1S/C46H82O21/c1-4-5-19-29(20-18-23-31(50)30(49)21-16-14-12-10-8-6-7-9-11-13-15-17-22-32(51)43(58)59)64-45-42(38(55)35(26-62-45)63-28(3)48)67-46-41(36(53)33(52)24-61-46)66-44-40(57)39(56)37(54)34(65-44)25-60-27(2)47/h29-42,44-46,49-57H,4-26H2,1-3H3,(H,58,59). The first-order valence-corrected chi connectivity index (χ1v) is 24.5. The van der Waals surface area contributed by atoms with Crippen LogP contribution in [-0.4, -0.2) is 193 Å². The van der Waals surface area contributed by atoms with Gasteiger partial charge >= 0.3 is 17.9 Å². The second-order valence-corrected chi connectivity index (χ2v) is 18.3. The van der Waals surface area contributed by atoms with Crippen molar-refractivity contribution in [3.63, 3.8) is 0 Å². The Labute approximate surface area is 393 Å². The molecule has 3 aliphatic rings. The van der Waals surface area contributed by atoms with E-state index in [9.17, 15) is 60.3 Å². The molecule has 17 unspecified atom stereocenters. The van der Waals surface area contributed by atoms with Crippen LogP contribution in [0.5, 0.6) is 0 Å². The van der Waals surface area contributed by atoms with Gasteiger partial charge in [-0.3, -0.25) is 9.59 Å². The number of unbranched alkanes of at least 4 members (excludes halogenated alkanes) is 12. The summed E-state index contributed by atoms with van der Waals surface area (Å²) < 4.78 is 46.0. The number of carboxylic acid groups (broad SMARTS) is 1. The molecule has 392 valence electrons. The Morgan fingerprint density at radius 1 is 0.567 bits per heavy atom. The van der Waals surface area contributed by atoms with Crippen molar-refractivity contribution >= 4 is 17.9 Å². The van der Waals surface area contributed by atoms with Crippen molar-refractivity contribution in [1.82, 2.24) is 0 Å². The molecular weight excluding hydrogens is 888 g/mol. The van der Waals surface area contributed by atoms with Crippen LogP contribution in [0.15, 0.2) is 0 Å². The normalized spacial score (nSPS) is 32.0. The molecule has 0 bridgehead atoms. The zero-order valence-corrected chi connectivity index (χ0v) is 39.5. The average molecular weight is 971 g/mol. The van der Waals surface area contributed by atoms with Crippen LogP contribution in [0, 0.1) is 0 Å². The number of carboxylic acids is 1. The lowest BCUT2D eigenvalue weighted by Gasteiger charge is -2.46. The molecule has 21 nitrogen and oxygen atoms in total. The SMILES string of the molecule is CCCCC(CCCC(O)C(O)CCCCCCCCCCCCCCC(O)C(=O)O)OC1OCC(OC(C)=O)C(O)C1OC1OCC(O)C(O)C1OC1OC(COC(C)=O)C(O)C(O)C1O. The number of hydrogen-bond donors (Lipinski definition) is 10. The molecule has 0 spiro atoms. The second-order valence-electron chi connectivity index (χ2n) is 18.3. The molecule has 0 aliphatic carbocycles. The lowest BCUT2D eigenvalue weighted by molar-refractivity contribution is -0.380. The largest absolute Gasteiger partial charge is 0.479 e. The van der Waals surface area contributed by atoms with Crippen molar-refractivity contribution < 1.29 is 103 Å². The molecule has 0 amide bonds. The number of carbonyl (C=O) groups excluding carboxylic acids is 2. The summed E-state index contributed by atoms with van der Waals surface area (Å²) in [5.74, 6) is -2.58. The van der Waals surface area contributed by atoms with E-state index in [-0.39, 0.29) is 6.61 Å². The summed E-state index contributed by atoms with van der Waals surface area (Å²) >= 11 is 0. The minimum absolute atomic E-state index is 0.275. The van der Waals surface area contributed by atoms with Crippen LogP contribution in [0.4, 0.5) is 0 Å². The number of hydrogen-bond acceptors (Lipinski definition) is 20. The van der Waals surface area contributed by atoms with Gasteiger partial charge in [0.05, 0.1) is 31.5 Å². The number of aliphatic hydroxyl groups is 9. The van der Waals surface area contributed by atoms with Gasteiger partial charge in [0, 0.05) is 13.8 Å². The number of aliphatic hydroxyl groups excluding tert-OH is 9. The molecule has 67 heavy (non-hydrogen) atoms. The minimum Gasteiger partial charge on any atom is -0.479 e. The van der Waals surface area contributed by atoms with Crippen molar-refractivity contribution in [2.24, 2.45) is 0 Å². The van der Waals surface area contributed by atoms with E-state index in [4.69, 9.17) is 43.0 Å². The van der Waals surface area contributed by atoms with Crippen LogP contribution in [0.1, 0.15) is 149 Å². The number of ether oxygens (including phenoxy) is 8. The van der Waals surface area contributed by atoms with Crippen LogP contribution in [0.25, 0.3) is 0 Å². The monoisotopic (exact) mass is 971 g/mol. The van der Waals surface area contributed by atoms with Gasteiger partial charge in [-0.25, -0.2) is 4.79 Å². The van der Waals surface area contributed by atoms with E-state index in [0.717, 1.165) is 104 Å². The fourth-order valence-corrected chi connectivity index (χ4v) is 8.46. The topological polar surface area (TPSA) is 327 Å². The smallest absolute Gasteiger partial charge is 0.332 e. The van der Waals surface area contributed by atoms with E-state index in [1.807, 2.05) is 6.92 Å². The number of rotatable bonds is 33. The Balaban J connectivity index is 1.52. The van der Waals surface area contributed by atoms with Gasteiger partial charge in [-0.15, -0.1) is 0 Å². The molecule has 0 radical (unpaired) electrons. The predicted molar refractivity (Wildman–Crippen MR) is 235 cm³/mol. The highest BCUT2D eigenvalue weighted by Crippen LogP contribution is 2.32. The Bertz CT molecular complexity index is 1380. The zero-order chi connectivity index (χ0) is 49.5. The molecule has 3 rings (SSSR count). The Morgan fingerprint density at radius 3 is 1.66 bits per heavy atom. The molecule has 3 saturated heterocycles. The quantitative estimate of drug-likeness (QED) is 0.0327. The number of aliphatic carboxylic acids is 1. The Morgan fingerprint density at radius 2 is 1.09 bits per heavy atom. The molecular formula is C46H82O21. The van der Waals surface area contributed by atoms with Crippen LogP contribution < -0.4 is 0 Å². The summed E-state index contributed by atoms with van der Waals surface area (Å²) in [5, 5.41) is 105. The number of esters is 2. The van der Waals surface area contributed by atoms with E-state index >= 15 is 0 Å². The fraction of sp³-hybridized carbons (Fsp3) is 0.935. The third kappa shape index (κ3) is 21.0. The fourth-order valence-electron chi connectivity index (χ4n) is 8.46.